The van der Waals surface area contributed by atoms with Gasteiger partial charge >= 0.3 is 0 Å². The number of carbonyl (C=O) groups excluding carboxylic acids is 1. The number of thioether (sulfide) groups is 1. The highest BCUT2D eigenvalue weighted by atomic mass is 32.2. The van der Waals surface area contributed by atoms with E-state index < -0.39 is 0 Å². The van der Waals surface area contributed by atoms with Crippen LogP contribution in [0.4, 0.5) is 0 Å². The Morgan fingerprint density at radius 2 is 2.16 bits per heavy atom. The summed E-state index contributed by atoms with van der Waals surface area (Å²) in [7, 11) is 0. The van der Waals surface area contributed by atoms with Crippen molar-refractivity contribution in [2.24, 2.45) is 5.10 Å². The first-order chi connectivity index (χ1) is 9.06. The summed E-state index contributed by atoms with van der Waals surface area (Å²) in [5.74, 6) is -0.429. The van der Waals surface area contributed by atoms with E-state index in [1.54, 1.807) is 12.3 Å². The van der Waals surface area contributed by atoms with Crippen molar-refractivity contribution in [3.05, 3.63) is 30.0 Å². The Bertz CT molecular complexity index is 627. The summed E-state index contributed by atoms with van der Waals surface area (Å²) in [5, 5.41) is 23.4. The lowest BCUT2D eigenvalue weighted by atomic mass is 10.1. The van der Waals surface area contributed by atoms with Crippen LogP contribution in [0.3, 0.4) is 0 Å². The summed E-state index contributed by atoms with van der Waals surface area (Å²) in [5.41, 5.74) is 4.06. The van der Waals surface area contributed by atoms with Crippen LogP contribution in [0.2, 0.25) is 0 Å². The Labute approximate surface area is 113 Å². The van der Waals surface area contributed by atoms with Crippen molar-refractivity contribution in [1.82, 2.24) is 10.3 Å². The number of phenolic OH excluding ortho intramolecular Hbond substituents is 2. The molecule has 1 atom stereocenters. The lowest BCUT2D eigenvalue weighted by Crippen LogP contribution is -2.31. The van der Waals surface area contributed by atoms with Crippen molar-refractivity contribution < 1.29 is 15.0 Å². The summed E-state index contributed by atoms with van der Waals surface area (Å²) < 4.78 is 0. The number of amides is 1. The molecule has 2 heterocycles. The van der Waals surface area contributed by atoms with Crippen LogP contribution < -0.4 is 5.43 Å². The zero-order valence-electron chi connectivity index (χ0n) is 9.99. The molecule has 98 valence electrons. The third-order valence-corrected chi connectivity index (χ3v) is 3.94. The number of hydrogen-bond donors (Lipinski definition) is 3. The molecular weight excluding hydrogens is 266 g/mol. The molecule has 0 spiro atoms. The number of rotatable bonds is 1. The highest BCUT2D eigenvalue weighted by Crippen LogP contribution is 2.32. The van der Waals surface area contributed by atoms with E-state index in [-0.39, 0.29) is 22.7 Å². The number of nitrogens with zero attached hydrogens (tertiary/aromatic N) is 2. The van der Waals surface area contributed by atoms with Gasteiger partial charge in [-0.25, -0.2) is 0 Å². The summed E-state index contributed by atoms with van der Waals surface area (Å²) in [4.78, 5) is 13.4. The molecular formula is C12H11N3O3S. The average molecular weight is 277 g/mol. The third kappa shape index (κ3) is 1.91. The molecule has 1 amide bonds. The fourth-order valence-corrected chi connectivity index (χ4v) is 2.74. The first-order valence-corrected chi connectivity index (χ1v) is 6.52. The molecule has 1 fully saturated rings. The van der Waals surface area contributed by atoms with E-state index in [0.717, 1.165) is 0 Å². The van der Waals surface area contributed by atoms with Crippen molar-refractivity contribution in [2.75, 3.05) is 0 Å². The van der Waals surface area contributed by atoms with E-state index in [1.165, 1.54) is 28.8 Å². The number of phenols is 2. The van der Waals surface area contributed by atoms with Gasteiger partial charge in [0.15, 0.2) is 16.7 Å². The van der Waals surface area contributed by atoms with Crippen LogP contribution in [0.1, 0.15) is 12.5 Å². The zero-order chi connectivity index (χ0) is 13.6. The third-order valence-electron chi connectivity index (χ3n) is 2.89. The van der Waals surface area contributed by atoms with Gasteiger partial charge in [-0.05, 0) is 25.1 Å². The van der Waals surface area contributed by atoms with Gasteiger partial charge in [0, 0.05) is 11.8 Å². The second kappa shape index (κ2) is 4.20. The molecule has 7 heteroatoms. The Hall–Kier alpha value is -2.15. The Morgan fingerprint density at radius 3 is 2.89 bits per heavy atom. The summed E-state index contributed by atoms with van der Waals surface area (Å²) >= 11 is 1.39. The fourth-order valence-electron chi connectivity index (χ4n) is 1.85. The van der Waals surface area contributed by atoms with E-state index in [1.807, 2.05) is 6.92 Å². The number of fused-ring (bicyclic) bond motifs is 1. The predicted octanol–water partition coefficient (Wildman–Crippen LogP) is 1.23. The second-order valence-corrected chi connectivity index (χ2v) is 5.53. The smallest absolute Gasteiger partial charge is 0.246 e. The molecule has 1 aromatic carbocycles. The minimum atomic E-state index is -0.217. The standard InChI is InChI=1S/C12H11N3O3S/c1-6-11(18)15-5-8(13-14-12(15)19-6)7-2-3-9(16)10(17)4-7/h2-6,13,16-17H,1H3/t6-/m0/s1. The normalized spacial score (nSPS) is 21.6. The van der Waals surface area contributed by atoms with Crippen molar-refractivity contribution in [3.8, 4) is 11.5 Å². The van der Waals surface area contributed by atoms with Gasteiger partial charge < -0.3 is 10.2 Å². The summed E-state index contributed by atoms with van der Waals surface area (Å²) in [6.45, 7) is 1.83. The second-order valence-electron chi connectivity index (χ2n) is 4.22. The van der Waals surface area contributed by atoms with Gasteiger partial charge in [0.2, 0.25) is 5.91 Å². The molecule has 1 saturated heterocycles. The van der Waals surface area contributed by atoms with Crippen molar-refractivity contribution in [2.45, 2.75) is 12.2 Å². The van der Waals surface area contributed by atoms with Crippen molar-refractivity contribution in [3.63, 3.8) is 0 Å². The molecule has 19 heavy (non-hydrogen) atoms. The van der Waals surface area contributed by atoms with Gasteiger partial charge in [0.25, 0.3) is 0 Å². The maximum Gasteiger partial charge on any atom is 0.246 e. The minimum absolute atomic E-state index is 0.0225. The van der Waals surface area contributed by atoms with E-state index >= 15 is 0 Å². The minimum Gasteiger partial charge on any atom is -0.504 e. The molecule has 0 saturated carbocycles. The van der Waals surface area contributed by atoms with E-state index in [0.29, 0.717) is 16.4 Å². The highest BCUT2D eigenvalue weighted by molar-refractivity contribution is 8.15. The Morgan fingerprint density at radius 1 is 1.37 bits per heavy atom. The van der Waals surface area contributed by atoms with Gasteiger partial charge in [-0.2, -0.15) is 0 Å². The molecule has 6 nitrogen and oxygen atoms in total. The van der Waals surface area contributed by atoms with Crippen LogP contribution in [0, 0.1) is 0 Å². The van der Waals surface area contributed by atoms with Crippen molar-refractivity contribution >= 4 is 28.5 Å². The lowest BCUT2D eigenvalue weighted by molar-refractivity contribution is -0.124. The maximum absolute atomic E-state index is 11.9. The molecule has 2 aliphatic rings. The number of amidine groups is 1. The van der Waals surface area contributed by atoms with Crippen LogP contribution in [0.25, 0.3) is 5.70 Å². The number of carbonyl (C=O) groups is 1. The van der Waals surface area contributed by atoms with Crippen LogP contribution in [-0.2, 0) is 4.79 Å². The van der Waals surface area contributed by atoms with E-state index in [4.69, 9.17) is 0 Å². The Balaban J connectivity index is 1.95. The molecule has 1 aromatic rings. The first-order valence-electron chi connectivity index (χ1n) is 5.64. The molecule has 0 bridgehead atoms. The quantitative estimate of drug-likeness (QED) is 0.672. The van der Waals surface area contributed by atoms with Gasteiger partial charge in [0.05, 0.1) is 10.9 Å². The molecule has 0 radical (unpaired) electrons. The van der Waals surface area contributed by atoms with Crippen molar-refractivity contribution in [1.29, 1.82) is 0 Å². The predicted molar refractivity (Wildman–Crippen MR) is 72.2 cm³/mol. The fraction of sp³-hybridized carbons (Fsp3) is 0.167. The average Bonchev–Trinajstić information content (AvgIpc) is 2.68. The van der Waals surface area contributed by atoms with Crippen LogP contribution >= 0.6 is 11.8 Å². The first kappa shape index (κ1) is 11.9. The molecule has 3 N–H and O–H groups in total. The number of benzene rings is 1. The van der Waals surface area contributed by atoms with E-state index in [2.05, 4.69) is 10.5 Å². The highest BCUT2D eigenvalue weighted by Gasteiger charge is 2.36. The SMILES string of the molecule is C[C@@H]1SC2=NNC(c3ccc(O)c(O)c3)=CN2C1=O. The summed E-state index contributed by atoms with van der Waals surface area (Å²) in [6.07, 6.45) is 1.65. The van der Waals surface area contributed by atoms with Gasteiger partial charge in [-0.1, -0.05) is 11.8 Å². The number of hydrazone groups is 1. The van der Waals surface area contributed by atoms with Gasteiger partial charge in [-0.15, -0.1) is 5.10 Å². The number of hydrogen-bond acceptors (Lipinski definition) is 6. The number of aromatic hydroxyl groups is 2. The monoisotopic (exact) mass is 277 g/mol. The van der Waals surface area contributed by atoms with Crippen LogP contribution in [0.15, 0.2) is 29.5 Å². The Kier molecular flexibility index (Phi) is 2.63. The molecule has 0 aromatic heterocycles. The molecule has 0 unspecified atom stereocenters. The summed E-state index contributed by atoms with van der Waals surface area (Å²) in [6, 6.07) is 4.42. The molecule has 2 aliphatic heterocycles. The number of nitrogens with one attached hydrogen (secondary N) is 1. The zero-order valence-corrected chi connectivity index (χ0v) is 10.8. The lowest BCUT2D eigenvalue weighted by Gasteiger charge is -2.19. The van der Waals surface area contributed by atoms with E-state index in [9.17, 15) is 15.0 Å². The maximum atomic E-state index is 11.9. The van der Waals surface area contributed by atoms with Gasteiger partial charge in [-0.3, -0.25) is 15.1 Å². The molecule has 3 rings (SSSR count). The largest absolute Gasteiger partial charge is 0.504 e. The topological polar surface area (TPSA) is 85.2 Å². The van der Waals surface area contributed by atoms with Crippen LogP contribution in [0.5, 0.6) is 11.5 Å². The van der Waals surface area contributed by atoms with Crippen LogP contribution in [-0.4, -0.2) is 31.4 Å². The van der Waals surface area contributed by atoms with Gasteiger partial charge in [0.1, 0.15) is 0 Å². The molecule has 0 aliphatic carbocycles.